The first-order valence-electron chi connectivity index (χ1n) is 6.14. The quantitative estimate of drug-likeness (QED) is 0.427. The number of hydrogen-bond acceptors (Lipinski definition) is 2. The van der Waals surface area contributed by atoms with Crippen LogP contribution in [0.2, 0.25) is 0 Å². The summed E-state index contributed by atoms with van der Waals surface area (Å²) in [5.41, 5.74) is -0.0607. The summed E-state index contributed by atoms with van der Waals surface area (Å²) in [6.45, 7) is 12.2. The molecule has 17 heavy (non-hydrogen) atoms. The first-order chi connectivity index (χ1) is 8.09. The molecular weight excluding hydrogens is 231 g/mol. The van der Waals surface area contributed by atoms with Crippen LogP contribution in [0, 0.1) is 0 Å². The zero-order valence-electron chi connectivity index (χ0n) is 10.7. The molecule has 1 rings (SSSR count). The van der Waals surface area contributed by atoms with Crippen molar-refractivity contribution in [2.45, 2.75) is 31.7 Å². The first-order valence-corrected chi connectivity index (χ1v) is 6.66. The van der Waals surface area contributed by atoms with Crippen molar-refractivity contribution in [3.8, 4) is 0 Å². The lowest BCUT2D eigenvalue weighted by atomic mass is 9.83. The average molecular weight is 254 g/mol. The van der Waals surface area contributed by atoms with Gasteiger partial charge in [0.25, 0.3) is 0 Å². The Labute approximate surface area is 107 Å². The summed E-state index contributed by atoms with van der Waals surface area (Å²) in [5, 5.41) is 0. The van der Waals surface area contributed by atoms with E-state index in [0.29, 0.717) is 0 Å². The fraction of sp³-hybridized carbons (Fsp3) is 0.615. The van der Waals surface area contributed by atoms with Crippen LogP contribution < -0.4 is 0 Å². The number of amides is 1. The molecule has 0 radical (unpaired) electrons. The number of likely N-dealkylation sites (N-methyl/N-ethyl adjacent to an activating group) is 1. The lowest BCUT2D eigenvalue weighted by Gasteiger charge is -2.47. The van der Waals surface area contributed by atoms with Gasteiger partial charge >= 0.3 is 0 Å². The maximum absolute atomic E-state index is 12.0. The number of hydrogen-bond donors (Lipinski definition) is 0. The van der Waals surface area contributed by atoms with Gasteiger partial charge in [0.15, 0.2) is 0 Å². The molecule has 0 aromatic heterocycles. The molecule has 1 fully saturated rings. The second-order valence-electron chi connectivity index (χ2n) is 4.54. The first kappa shape index (κ1) is 14.4. The zero-order valence-corrected chi connectivity index (χ0v) is 11.8. The predicted octanol–water partition coefficient (Wildman–Crippen LogP) is 2.22. The van der Waals surface area contributed by atoms with E-state index in [9.17, 15) is 4.79 Å². The summed E-state index contributed by atoms with van der Waals surface area (Å²) in [6.07, 6.45) is 6.20. The second kappa shape index (κ2) is 6.32. The number of piperidine rings is 1. The lowest BCUT2D eigenvalue weighted by Crippen LogP contribution is -2.55. The molecular formula is C13H23N2OP. The second-order valence-corrected chi connectivity index (χ2v) is 5.27. The molecule has 96 valence electrons. The molecule has 0 N–H and O–H groups in total. The van der Waals surface area contributed by atoms with Crippen LogP contribution in [0.15, 0.2) is 25.3 Å². The topological polar surface area (TPSA) is 23.6 Å². The van der Waals surface area contributed by atoms with Crippen LogP contribution in [0.1, 0.15) is 26.2 Å². The Morgan fingerprint density at radius 2 is 2.06 bits per heavy atom. The Morgan fingerprint density at radius 3 is 2.47 bits per heavy atom. The van der Waals surface area contributed by atoms with E-state index in [-0.39, 0.29) is 11.4 Å². The number of carbonyl (C=O) groups is 1. The van der Waals surface area contributed by atoms with Gasteiger partial charge in [-0.3, -0.25) is 9.46 Å². The van der Waals surface area contributed by atoms with E-state index in [1.807, 2.05) is 17.9 Å². The van der Waals surface area contributed by atoms with Crippen molar-refractivity contribution in [3.63, 3.8) is 0 Å². The molecule has 1 aliphatic rings. The average Bonchev–Trinajstić information content (AvgIpc) is 2.34. The molecule has 0 aromatic carbocycles. The van der Waals surface area contributed by atoms with E-state index in [0.717, 1.165) is 38.9 Å². The Kier molecular flexibility index (Phi) is 5.35. The smallest absolute Gasteiger partial charge is 0.246 e. The van der Waals surface area contributed by atoms with E-state index >= 15 is 0 Å². The Hall–Kier alpha value is -0.660. The van der Waals surface area contributed by atoms with Gasteiger partial charge in [0.1, 0.15) is 0 Å². The molecule has 0 aliphatic carbocycles. The Morgan fingerprint density at radius 1 is 1.47 bits per heavy atom. The van der Waals surface area contributed by atoms with Gasteiger partial charge < -0.3 is 4.90 Å². The molecule has 4 heteroatoms. The zero-order chi connectivity index (χ0) is 12.9. The molecule has 1 aliphatic heterocycles. The van der Waals surface area contributed by atoms with Gasteiger partial charge in [0.2, 0.25) is 5.91 Å². The van der Waals surface area contributed by atoms with Gasteiger partial charge in [-0.25, -0.2) is 0 Å². The fourth-order valence-corrected chi connectivity index (χ4v) is 2.89. The van der Waals surface area contributed by atoms with Crippen LogP contribution in [0.5, 0.6) is 0 Å². The number of carbonyl (C=O) groups excluding carboxylic acids is 1. The van der Waals surface area contributed by atoms with Crippen molar-refractivity contribution in [2.75, 3.05) is 19.6 Å². The summed E-state index contributed by atoms with van der Waals surface area (Å²) in [7, 11) is 2.74. The van der Waals surface area contributed by atoms with Crippen molar-refractivity contribution < 1.29 is 4.79 Å². The lowest BCUT2D eigenvalue weighted by molar-refractivity contribution is -0.133. The van der Waals surface area contributed by atoms with E-state index in [4.69, 9.17) is 0 Å². The molecule has 0 bridgehead atoms. The van der Waals surface area contributed by atoms with Crippen LogP contribution in [0.4, 0.5) is 0 Å². The molecule has 0 aromatic rings. The molecule has 1 saturated heterocycles. The summed E-state index contributed by atoms with van der Waals surface area (Å²) in [5.74, 6) is 0.0338. The van der Waals surface area contributed by atoms with E-state index < -0.39 is 0 Å². The van der Waals surface area contributed by atoms with Gasteiger partial charge in [-0.15, -0.1) is 6.58 Å². The highest BCUT2D eigenvalue weighted by atomic mass is 31.0. The molecule has 1 unspecified atom stereocenters. The fourth-order valence-electron chi connectivity index (χ4n) is 2.63. The van der Waals surface area contributed by atoms with Crippen molar-refractivity contribution in [1.29, 1.82) is 0 Å². The molecule has 1 amide bonds. The number of nitrogens with zero attached hydrogens (tertiary/aromatic N) is 2. The summed E-state index contributed by atoms with van der Waals surface area (Å²) in [4.78, 5) is 13.9. The summed E-state index contributed by atoms with van der Waals surface area (Å²) < 4.78 is 2.23. The molecule has 0 spiro atoms. The van der Waals surface area contributed by atoms with Crippen LogP contribution in [0.3, 0.4) is 0 Å². The Bertz CT molecular complexity index is 296. The number of rotatable bonds is 5. The Balaban J connectivity index is 2.92. The minimum Gasteiger partial charge on any atom is -0.333 e. The molecule has 1 atom stereocenters. The van der Waals surface area contributed by atoms with Crippen molar-refractivity contribution in [2.24, 2.45) is 0 Å². The van der Waals surface area contributed by atoms with Gasteiger partial charge in [-0.1, -0.05) is 22.0 Å². The van der Waals surface area contributed by atoms with Crippen LogP contribution in [-0.2, 0) is 4.79 Å². The maximum Gasteiger partial charge on any atom is 0.246 e. The van der Waals surface area contributed by atoms with Gasteiger partial charge in [0.05, 0.1) is 0 Å². The van der Waals surface area contributed by atoms with Crippen molar-refractivity contribution in [3.05, 3.63) is 25.3 Å². The van der Waals surface area contributed by atoms with Crippen LogP contribution in [0.25, 0.3) is 0 Å². The predicted molar refractivity (Wildman–Crippen MR) is 75.6 cm³/mol. The van der Waals surface area contributed by atoms with E-state index in [2.05, 4.69) is 27.2 Å². The third kappa shape index (κ3) is 3.17. The molecule has 0 saturated carbocycles. The van der Waals surface area contributed by atoms with Gasteiger partial charge in [-0.2, -0.15) is 0 Å². The largest absolute Gasteiger partial charge is 0.333 e. The van der Waals surface area contributed by atoms with Crippen LogP contribution >= 0.6 is 9.39 Å². The maximum atomic E-state index is 12.0. The highest BCUT2D eigenvalue weighted by molar-refractivity contribution is 7.13. The minimum atomic E-state index is -0.0607. The van der Waals surface area contributed by atoms with Crippen molar-refractivity contribution >= 4 is 15.3 Å². The van der Waals surface area contributed by atoms with Gasteiger partial charge in [-0.05, 0) is 32.3 Å². The SMILES string of the molecule is C=CCC1(N(CC)C(=O)C=C)CCN(P)CC1. The molecule has 1 heterocycles. The molecule has 3 nitrogen and oxygen atoms in total. The highest BCUT2D eigenvalue weighted by Gasteiger charge is 2.39. The van der Waals surface area contributed by atoms with E-state index in [1.165, 1.54) is 6.08 Å². The standard InChI is InChI=1S/C13H23N2OP/c1-4-7-13(8-10-14(17)11-9-13)15(6-3)12(16)5-2/h4-5H,1-2,6-11,17H2,3H3. The van der Waals surface area contributed by atoms with E-state index in [1.54, 1.807) is 0 Å². The highest BCUT2D eigenvalue weighted by Crippen LogP contribution is 2.33. The monoisotopic (exact) mass is 254 g/mol. The third-order valence-corrected chi connectivity index (χ3v) is 4.10. The van der Waals surface area contributed by atoms with Crippen molar-refractivity contribution in [1.82, 2.24) is 9.57 Å². The summed E-state index contributed by atoms with van der Waals surface area (Å²) >= 11 is 0. The van der Waals surface area contributed by atoms with Crippen LogP contribution in [-0.4, -0.2) is 40.7 Å². The van der Waals surface area contributed by atoms with Gasteiger partial charge in [0, 0.05) is 25.2 Å². The minimum absolute atomic E-state index is 0.0338. The summed E-state index contributed by atoms with van der Waals surface area (Å²) in [6, 6.07) is 0. The third-order valence-electron chi connectivity index (χ3n) is 3.58. The normalized spacial score (nSPS) is 19.6.